The second-order valence-electron chi connectivity index (χ2n) is 6.79. The van der Waals surface area contributed by atoms with Crippen LogP contribution in [0.1, 0.15) is 46.5 Å². The minimum atomic E-state index is 0.156. The number of aliphatic hydroxyl groups excluding tert-OH is 1. The highest BCUT2D eigenvalue weighted by Gasteiger charge is 2.36. The normalized spacial score (nSPS) is 43.0. The molecule has 3 nitrogen and oxygen atoms in total. The molecule has 2 atom stereocenters. The molecule has 0 bridgehead atoms. The molecule has 2 fully saturated rings. The van der Waals surface area contributed by atoms with Crippen molar-refractivity contribution in [2.45, 2.75) is 58.7 Å². The Hall–Kier alpha value is -0.120. The summed E-state index contributed by atoms with van der Waals surface area (Å²) in [6, 6.07) is 0. The molecule has 1 heterocycles. The highest BCUT2D eigenvalue weighted by Crippen LogP contribution is 2.39. The molecule has 0 aromatic carbocycles. The summed E-state index contributed by atoms with van der Waals surface area (Å²) in [4.78, 5) is 2.50. The molecule has 1 aliphatic carbocycles. The highest BCUT2D eigenvalue weighted by molar-refractivity contribution is 4.88. The first-order valence-corrected chi connectivity index (χ1v) is 7.52. The Morgan fingerprint density at radius 3 is 2.17 bits per heavy atom. The smallest absolute Gasteiger partial charge is 0.0678 e. The minimum absolute atomic E-state index is 0.156. The van der Waals surface area contributed by atoms with Crippen LogP contribution in [-0.4, -0.2) is 48.5 Å². The fourth-order valence-electron chi connectivity index (χ4n) is 3.63. The van der Waals surface area contributed by atoms with Gasteiger partial charge in [-0.3, -0.25) is 4.90 Å². The second kappa shape index (κ2) is 5.89. The van der Waals surface area contributed by atoms with Crippen LogP contribution in [0.4, 0.5) is 0 Å². The maximum Gasteiger partial charge on any atom is 0.0678 e. The number of nitrogens with zero attached hydrogens (tertiary/aromatic N) is 1. The molecule has 106 valence electrons. The van der Waals surface area contributed by atoms with Crippen LogP contribution in [0.15, 0.2) is 0 Å². The first kappa shape index (κ1) is 14.3. The number of ether oxygens (including phenoxy) is 1. The SMILES string of the molecule is CC1CCC(CO)(CN2CC(C)OC(C)C2)CC1. The summed E-state index contributed by atoms with van der Waals surface area (Å²) in [5.41, 5.74) is 0.156. The number of aliphatic hydroxyl groups is 1. The Labute approximate surface area is 112 Å². The van der Waals surface area contributed by atoms with Crippen molar-refractivity contribution in [3.8, 4) is 0 Å². The summed E-state index contributed by atoms with van der Waals surface area (Å²) in [5.74, 6) is 0.840. The first-order valence-electron chi connectivity index (χ1n) is 7.52. The largest absolute Gasteiger partial charge is 0.396 e. The van der Waals surface area contributed by atoms with E-state index in [1.807, 2.05) is 0 Å². The lowest BCUT2D eigenvalue weighted by Crippen LogP contribution is -2.51. The molecule has 18 heavy (non-hydrogen) atoms. The fourth-order valence-corrected chi connectivity index (χ4v) is 3.63. The van der Waals surface area contributed by atoms with E-state index in [2.05, 4.69) is 25.7 Å². The molecule has 0 spiro atoms. The molecule has 0 aromatic rings. The topological polar surface area (TPSA) is 32.7 Å². The van der Waals surface area contributed by atoms with Crippen molar-refractivity contribution >= 4 is 0 Å². The quantitative estimate of drug-likeness (QED) is 0.840. The fraction of sp³-hybridized carbons (Fsp3) is 1.00. The third-order valence-electron chi connectivity index (χ3n) is 4.72. The predicted molar refractivity (Wildman–Crippen MR) is 73.6 cm³/mol. The zero-order valence-corrected chi connectivity index (χ0v) is 12.2. The number of morpholine rings is 1. The van der Waals surface area contributed by atoms with Gasteiger partial charge in [0.25, 0.3) is 0 Å². The maximum absolute atomic E-state index is 9.83. The summed E-state index contributed by atoms with van der Waals surface area (Å²) >= 11 is 0. The van der Waals surface area contributed by atoms with Crippen LogP contribution in [0, 0.1) is 11.3 Å². The lowest BCUT2D eigenvalue weighted by molar-refractivity contribution is -0.0865. The molecule has 0 aromatic heterocycles. The summed E-state index contributed by atoms with van der Waals surface area (Å²) in [7, 11) is 0. The van der Waals surface area contributed by atoms with Crippen molar-refractivity contribution in [1.82, 2.24) is 4.90 Å². The van der Waals surface area contributed by atoms with Gasteiger partial charge in [0.15, 0.2) is 0 Å². The molecule has 2 aliphatic rings. The van der Waals surface area contributed by atoms with Gasteiger partial charge in [0.1, 0.15) is 0 Å². The first-order chi connectivity index (χ1) is 8.53. The van der Waals surface area contributed by atoms with Crippen molar-refractivity contribution in [2.24, 2.45) is 11.3 Å². The van der Waals surface area contributed by atoms with Gasteiger partial charge in [-0.1, -0.05) is 19.8 Å². The van der Waals surface area contributed by atoms with Crippen LogP contribution < -0.4 is 0 Å². The summed E-state index contributed by atoms with van der Waals surface area (Å²) in [6.45, 7) is 10.1. The molecule has 1 saturated carbocycles. The summed E-state index contributed by atoms with van der Waals surface area (Å²) < 4.78 is 5.78. The van der Waals surface area contributed by atoms with Crippen molar-refractivity contribution < 1.29 is 9.84 Å². The number of hydrogen-bond acceptors (Lipinski definition) is 3. The van der Waals surface area contributed by atoms with Crippen LogP contribution in [0.3, 0.4) is 0 Å². The predicted octanol–water partition coefficient (Wildman–Crippen LogP) is 2.28. The Kier molecular flexibility index (Phi) is 4.68. The van der Waals surface area contributed by atoms with Gasteiger partial charge in [0, 0.05) is 31.7 Å². The van der Waals surface area contributed by atoms with E-state index in [4.69, 9.17) is 4.74 Å². The molecule has 3 heteroatoms. The Morgan fingerprint density at radius 2 is 1.67 bits per heavy atom. The zero-order chi connectivity index (χ0) is 13.2. The van der Waals surface area contributed by atoms with E-state index in [1.165, 1.54) is 25.7 Å². The average molecular weight is 255 g/mol. The standard InChI is InChI=1S/C15H29NO2/c1-12-4-6-15(11-17,7-5-12)10-16-8-13(2)18-14(3)9-16/h12-14,17H,4-11H2,1-3H3. The maximum atomic E-state index is 9.83. The van der Waals surface area contributed by atoms with Gasteiger partial charge < -0.3 is 9.84 Å². The number of hydrogen-bond donors (Lipinski definition) is 1. The molecule has 2 rings (SSSR count). The summed E-state index contributed by atoms with van der Waals surface area (Å²) in [6.07, 6.45) is 5.57. The Morgan fingerprint density at radius 1 is 1.11 bits per heavy atom. The van der Waals surface area contributed by atoms with E-state index in [0.29, 0.717) is 18.8 Å². The third-order valence-corrected chi connectivity index (χ3v) is 4.72. The average Bonchev–Trinajstić information content (AvgIpc) is 2.31. The van der Waals surface area contributed by atoms with E-state index in [-0.39, 0.29) is 5.41 Å². The molecular weight excluding hydrogens is 226 g/mol. The monoisotopic (exact) mass is 255 g/mol. The Bertz CT molecular complexity index is 251. The van der Waals surface area contributed by atoms with E-state index in [1.54, 1.807) is 0 Å². The van der Waals surface area contributed by atoms with E-state index in [0.717, 1.165) is 25.6 Å². The van der Waals surface area contributed by atoms with Gasteiger partial charge in [0.2, 0.25) is 0 Å². The summed E-state index contributed by atoms with van der Waals surface area (Å²) in [5, 5.41) is 9.83. The number of rotatable bonds is 3. The lowest BCUT2D eigenvalue weighted by Gasteiger charge is -2.44. The Balaban J connectivity index is 1.93. The van der Waals surface area contributed by atoms with Crippen molar-refractivity contribution in [1.29, 1.82) is 0 Å². The van der Waals surface area contributed by atoms with Gasteiger partial charge in [0.05, 0.1) is 12.2 Å². The molecule has 0 amide bonds. The molecule has 0 radical (unpaired) electrons. The van der Waals surface area contributed by atoms with Crippen molar-refractivity contribution in [2.75, 3.05) is 26.2 Å². The lowest BCUT2D eigenvalue weighted by atomic mass is 9.71. The zero-order valence-electron chi connectivity index (χ0n) is 12.2. The third kappa shape index (κ3) is 3.46. The van der Waals surface area contributed by atoms with Crippen LogP contribution in [0.25, 0.3) is 0 Å². The second-order valence-corrected chi connectivity index (χ2v) is 6.79. The van der Waals surface area contributed by atoms with Gasteiger partial charge in [-0.05, 0) is 32.6 Å². The van der Waals surface area contributed by atoms with E-state index >= 15 is 0 Å². The molecule has 1 saturated heterocycles. The van der Waals surface area contributed by atoms with Gasteiger partial charge in [-0.15, -0.1) is 0 Å². The highest BCUT2D eigenvalue weighted by atomic mass is 16.5. The van der Waals surface area contributed by atoms with Crippen LogP contribution in [0.2, 0.25) is 0 Å². The molecular formula is C15H29NO2. The van der Waals surface area contributed by atoms with Crippen LogP contribution in [-0.2, 0) is 4.74 Å². The molecule has 2 unspecified atom stereocenters. The minimum Gasteiger partial charge on any atom is -0.396 e. The van der Waals surface area contributed by atoms with Crippen molar-refractivity contribution in [3.63, 3.8) is 0 Å². The van der Waals surface area contributed by atoms with Crippen molar-refractivity contribution in [3.05, 3.63) is 0 Å². The van der Waals surface area contributed by atoms with Crippen LogP contribution in [0.5, 0.6) is 0 Å². The van der Waals surface area contributed by atoms with E-state index < -0.39 is 0 Å². The molecule has 1 N–H and O–H groups in total. The van der Waals surface area contributed by atoms with Gasteiger partial charge in [-0.25, -0.2) is 0 Å². The van der Waals surface area contributed by atoms with Gasteiger partial charge >= 0.3 is 0 Å². The van der Waals surface area contributed by atoms with Gasteiger partial charge in [-0.2, -0.15) is 0 Å². The van der Waals surface area contributed by atoms with E-state index in [9.17, 15) is 5.11 Å². The molecule has 1 aliphatic heterocycles. The van der Waals surface area contributed by atoms with Crippen LogP contribution >= 0.6 is 0 Å².